The molecule has 0 saturated heterocycles. The van der Waals surface area contributed by atoms with E-state index in [1.54, 1.807) is 6.20 Å². The third-order valence-corrected chi connectivity index (χ3v) is 1.18. The first-order valence-electron chi connectivity index (χ1n) is 3.43. The maximum atomic E-state index is 4.97. The van der Waals surface area contributed by atoms with Crippen molar-refractivity contribution in [1.82, 2.24) is 10.2 Å². The summed E-state index contributed by atoms with van der Waals surface area (Å²) in [5.74, 6) is 0.445. The zero-order chi connectivity index (χ0) is 8.81. The zero-order valence-corrected chi connectivity index (χ0v) is 6.77. The minimum Gasteiger partial charge on any atom is -0.423 e. The molecular formula is C8H9N3O. The number of nitrogens with zero attached hydrogens (tertiary/aromatic N) is 3. The summed E-state index contributed by atoms with van der Waals surface area (Å²) in [6.07, 6.45) is 6.52. The molecule has 0 N–H and O–H groups in total. The fraction of sp³-hybridized carbons (Fsp3) is 0.125. The van der Waals surface area contributed by atoms with E-state index in [0.717, 1.165) is 5.57 Å². The van der Waals surface area contributed by atoms with Crippen LogP contribution in [0.4, 0.5) is 0 Å². The van der Waals surface area contributed by atoms with Crippen molar-refractivity contribution in [2.24, 2.45) is 4.99 Å². The Hall–Kier alpha value is -1.71. The second-order valence-electron chi connectivity index (χ2n) is 2.01. The summed E-state index contributed by atoms with van der Waals surface area (Å²) in [5, 5.41) is 7.28. The third-order valence-electron chi connectivity index (χ3n) is 1.18. The van der Waals surface area contributed by atoms with Crippen molar-refractivity contribution in [1.29, 1.82) is 0 Å². The number of hydrogen-bond donors (Lipinski definition) is 0. The highest BCUT2D eigenvalue weighted by molar-refractivity contribution is 5.68. The fourth-order valence-corrected chi connectivity index (χ4v) is 0.746. The summed E-state index contributed by atoms with van der Waals surface area (Å²) in [7, 11) is 0. The van der Waals surface area contributed by atoms with Crippen molar-refractivity contribution in [3.63, 3.8) is 0 Å². The molecule has 4 heteroatoms. The van der Waals surface area contributed by atoms with E-state index in [1.807, 2.05) is 19.1 Å². The molecule has 1 heterocycles. The number of aliphatic imine (C=N–C) groups is 1. The van der Waals surface area contributed by atoms with Gasteiger partial charge in [0.05, 0.1) is 5.57 Å². The average Bonchev–Trinajstić information content (AvgIpc) is 2.56. The second kappa shape index (κ2) is 4.23. The van der Waals surface area contributed by atoms with Crippen LogP contribution in [0.3, 0.4) is 0 Å². The highest BCUT2D eigenvalue weighted by Gasteiger charge is 2.01. The number of allylic oxidation sites excluding steroid dienone is 3. The van der Waals surface area contributed by atoms with Crippen molar-refractivity contribution < 1.29 is 4.42 Å². The van der Waals surface area contributed by atoms with E-state index < -0.39 is 0 Å². The first-order chi connectivity index (χ1) is 5.88. The van der Waals surface area contributed by atoms with Gasteiger partial charge < -0.3 is 4.42 Å². The van der Waals surface area contributed by atoms with E-state index in [4.69, 9.17) is 4.42 Å². The molecule has 0 aliphatic heterocycles. The van der Waals surface area contributed by atoms with Gasteiger partial charge in [-0.25, -0.2) is 0 Å². The molecule has 0 aliphatic carbocycles. The lowest BCUT2D eigenvalue weighted by Crippen LogP contribution is -1.80. The molecule has 0 fully saturated rings. The Morgan fingerprint density at radius 2 is 2.58 bits per heavy atom. The molecule has 0 saturated carbocycles. The summed E-state index contributed by atoms with van der Waals surface area (Å²) >= 11 is 0. The van der Waals surface area contributed by atoms with E-state index in [2.05, 4.69) is 21.9 Å². The van der Waals surface area contributed by atoms with Crippen LogP contribution in [0.2, 0.25) is 0 Å². The third kappa shape index (κ3) is 1.88. The van der Waals surface area contributed by atoms with Crippen LogP contribution >= 0.6 is 0 Å². The predicted molar refractivity (Wildman–Crippen MR) is 46.6 cm³/mol. The van der Waals surface area contributed by atoms with Crippen LogP contribution in [0.5, 0.6) is 0 Å². The largest absolute Gasteiger partial charge is 0.423 e. The summed E-state index contributed by atoms with van der Waals surface area (Å²) in [6, 6.07) is 0. The molecule has 1 rings (SSSR count). The van der Waals surface area contributed by atoms with Gasteiger partial charge in [-0.3, -0.25) is 4.99 Å². The van der Waals surface area contributed by atoms with Crippen LogP contribution in [-0.4, -0.2) is 16.9 Å². The van der Waals surface area contributed by atoms with E-state index in [1.165, 1.54) is 6.39 Å². The molecule has 4 nitrogen and oxygen atoms in total. The normalized spacial score (nSPS) is 12.2. The van der Waals surface area contributed by atoms with Crippen molar-refractivity contribution >= 4 is 12.3 Å². The molecule has 12 heavy (non-hydrogen) atoms. The molecule has 0 atom stereocenters. The van der Waals surface area contributed by atoms with Crippen molar-refractivity contribution in [2.75, 3.05) is 0 Å². The van der Waals surface area contributed by atoms with Crippen LogP contribution in [0.1, 0.15) is 12.8 Å². The molecular weight excluding hydrogens is 154 g/mol. The van der Waals surface area contributed by atoms with E-state index in [0.29, 0.717) is 5.89 Å². The standard InChI is InChI=1S/C8H9N3O/c1-3-4-7(5-9-2)8-11-10-6-12-8/h3-6H,2H2,1H3/b4-3-,7-5+. The van der Waals surface area contributed by atoms with Crippen LogP contribution < -0.4 is 0 Å². The molecule has 0 unspecified atom stereocenters. The smallest absolute Gasteiger partial charge is 0.248 e. The summed E-state index contributed by atoms with van der Waals surface area (Å²) < 4.78 is 4.97. The van der Waals surface area contributed by atoms with Gasteiger partial charge in [0, 0.05) is 6.20 Å². The van der Waals surface area contributed by atoms with Gasteiger partial charge in [-0.15, -0.1) is 10.2 Å². The average molecular weight is 163 g/mol. The molecule has 0 bridgehead atoms. The molecule has 62 valence electrons. The first kappa shape index (κ1) is 8.39. The second-order valence-corrected chi connectivity index (χ2v) is 2.01. The van der Waals surface area contributed by atoms with Crippen LogP contribution in [-0.2, 0) is 0 Å². The highest BCUT2D eigenvalue weighted by atomic mass is 16.4. The lowest BCUT2D eigenvalue weighted by Gasteiger charge is -1.90. The van der Waals surface area contributed by atoms with Gasteiger partial charge in [0.1, 0.15) is 0 Å². The van der Waals surface area contributed by atoms with Gasteiger partial charge in [-0.2, -0.15) is 0 Å². The quantitative estimate of drug-likeness (QED) is 0.503. The van der Waals surface area contributed by atoms with E-state index in [9.17, 15) is 0 Å². The van der Waals surface area contributed by atoms with Gasteiger partial charge >= 0.3 is 0 Å². The van der Waals surface area contributed by atoms with Gasteiger partial charge in [-0.05, 0) is 13.6 Å². The Balaban J connectivity index is 2.95. The Morgan fingerprint density at radius 1 is 1.75 bits per heavy atom. The van der Waals surface area contributed by atoms with Crippen molar-refractivity contribution in [3.05, 3.63) is 30.6 Å². The summed E-state index contributed by atoms with van der Waals surface area (Å²) in [5.41, 5.74) is 0.755. The molecule has 1 aromatic rings. The lowest BCUT2D eigenvalue weighted by molar-refractivity contribution is 0.539. The zero-order valence-electron chi connectivity index (χ0n) is 6.77. The predicted octanol–water partition coefficient (Wildman–Crippen LogP) is 1.69. The first-order valence-corrected chi connectivity index (χ1v) is 3.43. The van der Waals surface area contributed by atoms with Crippen molar-refractivity contribution in [3.8, 4) is 0 Å². The highest BCUT2D eigenvalue weighted by Crippen LogP contribution is 2.11. The minimum atomic E-state index is 0.445. The van der Waals surface area contributed by atoms with E-state index >= 15 is 0 Å². The fourth-order valence-electron chi connectivity index (χ4n) is 0.746. The summed E-state index contributed by atoms with van der Waals surface area (Å²) in [4.78, 5) is 3.62. The lowest BCUT2D eigenvalue weighted by atomic mass is 10.2. The maximum absolute atomic E-state index is 4.97. The maximum Gasteiger partial charge on any atom is 0.248 e. The Bertz CT molecular complexity index is 298. The Kier molecular flexibility index (Phi) is 2.95. The minimum absolute atomic E-state index is 0.445. The topological polar surface area (TPSA) is 51.3 Å². The number of hydrogen-bond acceptors (Lipinski definition) is 4. The molecule has 1 aromatic heterocycles. The molecule has 0 amide bonds. The molecule has 0 aromatic carbocycles. The SMILES string of the molecule is C=N/C=C(\C=C/C)c1nnco1. The number of aromatic nitrogens is 2. The van der Waals surface area contributed by atoms with Gasteiger partial charge in [-0.1, -0.05) is 12.2 Å². The molecule has 0 spiro atoms. The monoisotopic (exact) mass is 163 g/mol. The van der Waals surface area contributed by atoms with Gasteiger partial charge in [0.2, 0.25) is 12.3 Å². The van der Waals surface area contributed by atoms with E-state index in [-0.39, 0.29) is 0 Å². The molecule has 0 radical (unpaired) electrons. The Labute approximate surface area is 70.3 Å². The van der Waals surface area contributed by atoms with Crippen LogP contribution in [0, 0.1) is 0 Å². The van der Waals surface area contributed by atoms with Gasteiger partial charge in [0.15, 0.2) is 0 Å². The van der Waals surface area contributed by atoms with Crippen LogP contribution in [0.25, 0.3) is 5.57 Å². The summed E-state index contributed by atoms with van der Waals surface area (Å²) in [6.45, 7) is 5.24. The molecule has 0 aliphatic rings. The van der Waals surface area contributed by atoms with Crippen molar-refractivity contribution in [2.45, 2.75) is 6.92 Å². The van der Waals surface area contributed by atoms with Crippen LogP contribution in [0.15, 0.2) is 34.2 Å². The number of rotatable bonds is 3. The van der Waals surface area contributed by atoms with Gasteiger partial charge in [0.25, 0.3) is 0 Å². The Morgan fingerprint density at radius 3 is 3.08 bits per heavy atom.